The van der Waals surface area contributed by atoms with Gasteiger partial charge in [0.15, 0.2) is 0 Å². The molecule has 1 amide bonds. The van der Waals surface area contributed by atoms with Crippen LogP contribution < -0.4 is 5.32 Å². The molecule has 8 heteroatoms. The van der Waals surface area contributed by atoms with Gasteiger partial charge in [-0.3, -0.25) is 4.79 Å². The van der Waals surface area contributed by atoms with E-state index >= 15 is 0 Å². The van der Waals surface area contributed by atoms with Crippen molar-refractivity contribution >= 4 is 11.9 Å². The van der Waals surface area contributed by atoms with E-state index in [2.05, 4.69) is 5.32 Å². The topological polar surface area (TPSA) is 147 Å². The van der Waals surface area contributed by atoms with Gasteiger partial charge in [0.2, 0.25) is 5.91 Å². The van der Waals surface area contributed by atoms with Crippen molar-refractivity contribution in [1.29, 1.82) is 0 Å². The van der Waals surface area contributed by atoms with E-state index in [1.54, 1.807) is 12.1 Å². The van der Waals surface area contributed by atoms with E-state index in [4.69, 9.17) is 0 Å². The summed E-state index contributed by atoms with van der Waals surface area (Å²) in [6, 6.07) is 8.78. The fourth-order valence-corrected chi connectivity index (χ4v) is 2.83. The second-order valence-electron chi connectivity index (χ2n) is 6.50. The van der Waals surface area contributed by atoms with Gasteiger partial charge in [-0.05, 0) is 42.2 Å². The molecule has 6 N–H and O–H groups in total. The molecule has 0 fully saturated rings. The van der Waals surface area contributed by atoms with Gasteiger partial charge in [-0.1, -0.05) is 18.2 Å². The molecule has 8 nitrogen and oxygen atoms in total. The SMILES string of the molecule is O=C(N[C@@H](Cc1ccc(O)cc1)C(=O)O)C(CCO)Cc1ccc(O)cc1O. The number of aromatic hydroxyl groups is 3. The first-order valence-corrected chi connectivity index (χ1v) is 8.73. The molecule has 0 radical (unpaired) electrons. The number of carbonyl (C=O) groups is 2. The molecule has 0 aliphatic heterocycles. The summed E-state index contributed by atoms with van der Waals surface area (Å²) in [6.45, 7) is -0.285. The lowest BCUT2D eigenvalue weighted by Gasteiger charge is -2.20. The molecule has 2 aromatic rings. The second-order valence-corrected chi connectivity index (χ2v) is 6.50. The van der Waals surface area contributed by atoms with E-state index in [1.807, 2.05) is 0 Å². The maximum atomic E-state index is 12.6. The molecule has 0 spiro atoms. The number of phenolic OH excluding ortho intramolecular Hbond substituents is 3. The molecule has 0 aliphatic rings. The Bertz CT molecular complexity index is 820. The van der Waals surface area contributed by atoms with Crippen LogP contribution in [0.15, 0.2) is 42.5 Å². The number of nitrogens with one attached hydrogen (secondary N) is 1. The normalized spacial score (nSPS) is 12.9. The molecule has 2 atom stereocenters. The Morgan fingerprint density at radius 2 is 1.57 bits per heavy atom. The largest absolute Gasteiger partial charge is 0.508 e. The molecule has 0 heterocycles. The fourth-order valence-electron chi connectivity index (χ4n) is 2.83. The highest BCUT2D eigenvalue weighted by atomic mass is 16.4. The van der Waals surface area contributed by atoms with E-state index in [1.165, 1.54) is 24.3 Å². The first-order valence-electron chi connectivity index (χ1n) is 8.73. The van der Waals surface area contributed by atoms with Gasteiger partial charge in [0.25, 0.3) is 0 Å². The number of rotatable bonds is 9. The third-order valence-electron chi connectivity index (χ3n) is 4.37. The second kappa shape index (κ2) is 9.61. The summed E-state index contributed by atoms with van der Waals surface area (Å²) in [4.78, 5) is 24.2. The minimum Gasteiger partial charge on any atom is -0.508 e. The molecule has 2 rings (SSSR count). The first kappa shape index (κ1) is 21.0. The molecule has 150 valence electrons. The highest BCUT2D eigenvalue weighted by Gasteiger charge is 2.26. The van der Waals surface area contributed by atoms with Crippen LogP contribution in [0.4, 0.5) is 0 Å². The quantitative estimate of drug-likeness (QED) is 0.377. The van der Waals surface area contributed by atoms with Gasteiger partial charge in [0, 0.05) is 25.0 Å². The third-order valence-corrected chi connectivity index (χ3v) is 4.37. The smallest absolute Gasteiger partial charge is 0.326 e. The lowest BCUT2D eigenvalue weighted by Crippen LogP contribution is -2.45. The van der Waals surface area contributed by atoms with E-state index in [0.29, 0.717) is 11.1 Å². The zero-order valence-electron chi connectivity index (χ0n) is 15.1. The predicted molar refractivity (Wildman–Crippen MR) is 100 cm³/mol. The van der Waals surface area contributed by atoms with Crippen LogP contribution in [0.1, 0.15) is 17.5 Å². The number of carboxylic acids is 1. The summed E-state index contributed by atoms with van der Waals surface area (Å²) in [5, 5.41) is 49.7. The maximum absolute atomic E-state index is 12.6. The highest BCUT2D eigenvalue weighted by molar-refractivity contribution is 5.85. The van der Waals surface area contributed by atoms with E-state index in [-0.39, 0.29) is 43.1 Å². The van der Waals surface area contributed by atoms with E-state index in [9.17, 15) is 35.1 Å². The van der Waals surface area contributed by atoms with Crippen LogP contribution in [-0.4, -0.2) is 50.1 Å². The minimum absolute atomic E-state index is 0.0255. The van der Waals surface area contributed by atoms with E-state index in [0.717, 1.165) is 6.07 Å². The lowest BCUT2D eigenvalue weighted by molar-refractivity contribution is -0.142. The van der Waals surface area contributed by atoms with Gasteiger partial charge in [-0.25, -0.2) is 4.79 Å². The summed E-state index contributed by atoms with van der Waals surface area (Å²) < 4.78 is 0. The molecular formula is C20H23NO7. The predicted octanol–water partition coefficient (Wildman–Crippen LogP) is 1.16. The Morgan fingerprint density at radius 3 is 2.14 bits per heavy atom. The molecule has 0 saturated carbocycles. The van der Waals surface area contributed by atoms with Crippen LogP contribution in [-0.2, 0) is 22.4 Å². The van der Waals surface area contributed by atoms with Crippen molar-refractivity contribution in [3.05, 3.63) is 53.6 Å². The monoisotopic (exact) mass is 389 g/mol. The number of hydrogen-bond donors (Lipinski definition) is 6. The first-order chi connectivity index (χ1) is 13.3. The maximum Gasteiger partial charge on any atom is 0.326 e. The number of hydrogen-bond acceptors (Lipinski definition) is 6. The Labute approximate surface area is 161 Å². The number of aliphatic hydroxyl groups excluding tert-OH is 1. The Hall–Kier alpha value is -3.26. The number of aliphatic carboxylic acids is 1. The summed E-state index contributed by atoms with van der Waals surface area (Å²) >= 11 is 0. The van der Waals surface area contributed by atoms with Gasteiger partial charge in [0.05, 0.1) is 0 Å². The summed E-state index contributed by atoms with van der Waals surface area (Å²) in [5.74, 6) is -2.79. The van der Waals surface area contributed by atoms with Crippen molar-refractivity contribution in [2.75, 3.05) is 6.61 Å². The molecule has 28 heavy (non-hydrogen) atoms. The van der Waals surface area contributed by atoms with Crippen LogP contribution in [0.2, 0.25) is 0 Å². The van der Waals surface area contributed by atoms with Crippen molar-refractivity contribution in [1.82, 2.24) is 5.32 Å². The van der Waals surface area contributed by atoms with Crippen molar-refractivity contribution < 1.29 is 35.1 Å². The summed E-state index contributed by atoms with van der Waals surface area (Å²) in [7, 11) is 0. The van der Waals surface area contributed by atoms with Gasteiger partial charge >= 0.3 is 5.97 Å². The van der Waals surface area contributed by atoms with Gasteiger partial charge < -0.3 is 30.8 Å². The molecule has 0 bridgehead atoms. The van der Waals surface area contributed by atoms with Crippen molar-refractivity contribution in [3.8, 4) is 17.2 Å². The van der Waals surface area contributed by atoms with Crippen molar-refractivity contribution in [3.63, 3.8) is 0 Å². The molecule has 0 saturated heterocycles. The number of carboxylic acid groups (broad SMARTS) is 1. The average molecular weight is 389 g/mol. The lowest BCUT2D eigenvalue weighted by atomic mass is 9.94. The number of carbonyl (C=O) groups excluding carboxylic acids is 1. The number of amides is 1. The Morgan fingerprint density at radius 1 is 0.929 bits per heavy atom. The van der Waals surface area contributed by atoms with Crippen LogP contribution in [0.25, 0.3) is 0 Å². The Balaban J connectivity index is 2.11. The molecule has 2 aromatic carbocycles. The number of benzene rings is 2. The fraction of sp³-hybridized carbons (Fsp3) is 0.300. The van der Waals surface area contributed by atoms with Crippen molar-refractivity contribution in [2.24, 2.45) is 5.92 Å². The zero-order chi connectivity index (χ0) is 20.7. The van der Waals surface area contributed by atoms with Gasteiger partial charge in [0.1, 0.15) is 23.3 Å². The average Bonchev–Trinajstić information content (AvgIpc) is 2.64. The van der Waals surface area contributed by atoms with Gasteiger partial charge in [-0.2, -0.15) is 0 Å². The molecular weight excluding hydrogens is 366 g/mol. The zero-order valence-corrected chi connectivity index (χ0v) is 15.1. The van der Waals surface area contributed by atoms with Crippen LogP contribution in [0.3, 0.4) is 0 Å². The molecule has 0 aliphatic carbocycles. The van der Waals surface area contributed by atoms with E-state index < -0.39 is 23.8 Å². The minimum atomic E-state index is -1.21. The molecule has 0 aromatic heterocycles. The summed E-state index contributed by atoms with van der Waals surface area (Å²) in [6.07, 6.45) is 0.180. The standard InChI is InChI=1S/C20H23NO7/c22-8-7-14(10-13-3-6-16(24)11-18(13)25)19(26)21-17(20(27)28)9-12-1-4-15(23)5-2-12/h1-6,11,14,17,22-25H,7-10H2,(H,21,26)(H,27,28)/t14?,17-/m0/s1. The summed E-state index contributed by atoms with van der Waals surface area (Å²) in [5.41, 5.74) is 1.03. The van der Waals surface area contributed by atoms with Crippen LogP contribution in [0, 0.1) is 5.92 Å². The van der Waals surface area contributed by atoms with Crippen LogP contribution >= 0.6 is 0 Å². The van der Waals surface area contributed by atoms with Gasteiger partial charge in [-0.15, -0.1) is 0 Å². The molecule has 1 unspecified atom stereocenters. The van der Waals surface area contributed by atoms with Crippen molar-refractivity contribution in [2.45, 2.75) is 25.3 Å². The number of phenols is 3. The Kier molecular flexibility index (Phi) is 7.22. The van der Waals surface area contributed by atoms with Crippen LogP contribution in [0.5, 0.6) is 17.2 Å². The highest BCUT2D eigenvalue weighted by Crippen LogP contribution is 2.26. The third kappa shape index (κ3) is 5.88. The number of aliphatic hydroxyl groups is 1.